The van der Waals surface area contributed by atoms with Gasteiger partial charge in [0.05, 0.1) is 6.10 Å². The lowest BCUT2D eigenvalue weighted by Gasteiger charge is -2.15. The molecule has 0 aliphatic carbocycles. The van der Waals surface area contributed by atoms with E-state index in [1.807, 2.05) is 6.92 Å². The molecule has 0 unspecified atom stereocenters. The summed E-state index contributed by atoms with van der Waals surface area (Å²) in [5.41, 5.74) is 0. The molecular formula is C7H14O3S. The van der Waals surface area contributed by atoms with Crippen LogP contribution in [0.1, 0.15) is 19.8 Å². The first-order valence-corrected chi connectivity index (χ1v) is 4.86. The molecule has 0 spiro atoms. The van der Waals surface area contributed by atoms with Crippen LogP contribution in [0.2, 0.25) is 0 Å². The molecule has 0 aromatic rings. The second kappa shape index (κ2) is 5.43. The van der Waals surface area contributed by atoms with Crippen molar-refractivity contribution in [3.63, 3.8) is 0 Å². The van der Waals surface area contributed by atoms with E-state index in [1.54, 1.807) is 6.26 Å². The van der Waals surface area contributed by atoms with E-state index in [0.29, 0.717) is 6.42 Å². The van der Waals surface area contributed by atoms with Crippen LogP contribution in [-0.4, -0.2) is 33.8 Å². The van der Waals surface area contributed by atoms with Gasteiger partial charge in [-0.05, 0) is 12.7 Å². The van der Waals surface area contributed by atoms with Gasteiger partial charge < -0.3 is 10.2 Å². The van der Waals surface area contributed by atoms with Gasteiger partial charge in [-0.25, -0.2) is 0 Å². The maximum Gasteiger partial charge on any atom is 0.319 e. The second-order valence-corrected chi connectivity index (χ2v) is 3.33. The Hall–Kier alpha value is -0.220. The summed E-state index contributed by atoms with van der Waals surface area (Å²) in [5, 5.41) is 17.2. The minimum atomic E-state index is -0.932. The topological polar surface area (TPSA) is 57.5 Å². The van der Waals surface area contributed by atoms with Crippen LogP contribution >= 0.6 is 11.8 Å². The number of carbonyl (C=O) groups is 1. The first kappa shape index (κ1) is 10.8. The van der Waals surface area contributed by atoms with E-state index in [0.717, 1.165) is 6.42 Å². The van der Waals surface area contributed by atoms with Crippen LogP contribution in [0, 0.1) is 0 Å². The number of carboxylic acids is 1. The van der Waals surface area contributed by atoms with Crippen molar-refractivity contribution in [1.82, 2.24) is 0 Å². The third-order valence-corrected chi connectivity index (χ3v) is 2.45. The molecule has 0 rings (SSSR count). The summed E-state index contributed by atoms with van der Waals surface area (Å²) in [7, 11) is 0. The summed E-state index contributed by atoms with van der Waals surface area (Å²) in [5.74, 6) is -0.932. The van der Waals surface area contributed by atoms with Gasteiger partial charge in [-0.3, -0.25) is 4.79 Å². The van der Waals surface area contributed by atoms with Gasteiger partial charge in [0.1, 0.15) is 5.25 Å². The number of aliphatic hydroxyl groups excluding tert-OH is 1. The highest BCUT2D eigenvalue weighted by molar-refractivity contribution is 7.99. The molecule has 0 amide bonds. The lowest BCUT2D eigenvalue weighted by Crippen LogP contribution is -2.30. The Morgan fingerprint density at radius 3 is 2.45 bits per heavy atom. The molecule has 11 heavy (non-hydrogen) atoms. The molecule has 0 saturated carbocycles. The zero-order valence-electron chi connectivity index (χ0n) is 6.78. The smallest absolute Gasteiger partial charge is 0.319 e. The summed E-state index contributed by atoms with van der Waals surface area (Å²) in [6, 6.07) is 0. The molecule has 0 aromatic carbocycles. The van der Waals surface area contributed by atoms with Crippen LogP contribution in [0.15, 0.2) is 0 Å². The Morgan fingerprint density at radius 1 is 1.64 bits per heavy atom. The molecule has 0 radical (unpaired) electrons. The quantitative estimate of drug-likeness (QED) is 0.658. The van der Waals surface area contributed by atoms with Crippen LogP contribution in [0.25, 0.3) is 0 Å². The number of thioether (sulfide) groups is 1. The molecule has 0 aliphatic heterocycles. The van der Waals surface area contributed by atoms with Gasteiger partial charge >= 0.3 is 5.97 Å². The zero-order chi connectivity index (χ0) is 8.85. The van der Waals surface area contributed by atoms with Crippen LogP contribution in [0.3, 0.4) is 0 Å². The van der Waals surface area contributed by atoms with Crippen LogP contribution in [-0.2, 0) is 4.79 Å². The molecule has 4 heteroatoms. The third kappa shape index (κ3) is 3.62. The monoisotopic (exact) mass is 178 g/mol. The molecule has 0 saturated heterocycles. The highest BCUT2D eigenvalue weighted by atomic mass is 32.2. The van der Waals surface area contributed by atoms with Crippen molar-refractivity contribution < 1.29 is 15.0 Å². The zero-order valence-corrected chi connectivity index (χ0v) is 7.60. The van der Waals surface area contributed by atoms with Crippen molar-refractivity contribution in [2.24, 2.45) is 0 Å². The number of rotatable bonds is 5. The van der Waals surface area contributed by atoms with Gasteiger partial charge in [0.15, 0.2) is 0 Å². The fourth-order valence-electron chi connectivity index (χ4n) is 0.870. The van der Waals surface area contributed by atoms with E-state index in [4.69, 9.17) is 5.11 Å². The first-order chi connectivity index (χ1) is 5.13. The Labute approximate surface area is 70.8 Å². The number of carboxylic acid groups (broad SMARTS) is 1. The van der Waals surface area contributed by atoms with Gasteiger partial charge in [0.25, 0.3) is 0 Å². The van der Waals surface area contributed by atoms with Crippen molar-refractivity contribution in [1.29, 1.82) is 0 Å². The average molecular weight is 178 g/mol. The Bertz CT molecular complexity index is 127. The fourth-order valence-corrected chi connectivity index (χ4v) is 1.52. The van der Waals surface area contributed by atoms with Gasteiger partial charge in [0.2, 0.25) is 0 Å². The SMILES string of the molecule is CCC[C@@H](O)[C@@H](SC)C(=O)O. The van der Waals surface area contributed by atoms with Crippen LogP contribution in [0.5, 0.6) is 0 Å². The molecule has 2 atom stereocenters. The third-order valence-electron chi connectivity index (χ3n) is 1.43. The summed E-state index contributed by atoms with van der Waals surface area (Å²) in [6.45, 7) is 1.92. The first-order valence-electron chi connectivity index (χ1n) is 3.57. The predicted molar refractivity (Wildman–Crippen MR) is 45.9 cm³/mol. The lowest BCUT2D eigenvalue weighted by molar-refractivity contribution is -0.138. The molecule has 0 aliphatic rings. The highest BCUT2D eigenvalue weighted by Crippen LogP contribution is 2.15. The van der Waals surface area contributed by atoms with Crippen LogP contribution < -0.4 is 0 Å². The average Bonchev–Trinajstić information content (AvgIpc) is 1.88. The minimum absolute atomic E-state index is 0.553. The molecule has 0 bridgehead atoms. The van der Waals surface area contributed by atoms with Gasteiger partial charge in [0, 0.05) is 0 Å². The van der Waals surface area contributed by atoms with Crippen molar-refractivity contribution in [2.75, 3.05) is 6.26 Å². The number of hydrogen-bond acceptors (Lipinski definition) is 3. The van der Waals surface area contributed by atoms with E-state index >= 15 is 0 Å². The summed E-state index contributed by atoms with van der Waals surface area (Å²) < 4.78 is 0. The van der Waals surface area contributed by atoms with E-state index in [9.17, 15) is 9.90 Å². The number of aliphatic carboxylic acids is 1. The summed E-state index contributed by atoms with van der Waals surface area (Å²) >= 11 is 1.18. The number of aliphatic hydroxyl groups is 1. The molecule has 0 heterocycles. The van der Waals surface area contributed by atoms with Gasteiger partial charge in [-0.1, -0.05) is 13.3 Å². The highest BCUT2D eigenvalue weighted by Gasteiger charge is 2.24. The molecule has 0 fully saturated rings. The Balaban J connectivity index is 3.91. The maximum atomic E-state index is 10.5. The van der Waals surface area contributed by atoms with Crippen LogP contribution in [0.4, 0.5) is 0 Å². The van der Waals surface area contributed by atoms with Crippen molar-refractivity contribution in [3.8, 4) is 0 Å². The lowest BCUT2D eigenvalue weighted by atomic mass is 10.1. The van der Waals surface area contributed by atoms with Gasteiger partial charge in [-0.15, -0.1) is 11.8 Å². The van der Waals surface area contributed by atoms with Gasteiger partial charge in [-0.2, -0.15) is 0 Å². The standard InChI is InChI=1S/C7H14O3S/c1-3-4-5(8)6(11-2)7(9)10/h5-6,8H,3-4H2,1-2H3,(H,9,10)/t5-,6-/m1/s1. The molecule has 0 aromatic heterocycles. The fraction of sp³-hybridized carbons (Fsp3) is 0.857. The van der Waals surface area contributed by atoms with E-state index in [2.05, 4.69) is 0 Å². The molecule has 3 nitrogen and oxygen atoms in total. The Kier molecular flexibility index (Phi) is 5.32. The summed E-state index contributed by atoms with van der Waals surface area (Å²) in [6.07, 6.45) is 2.34. The molecule has 2 N–H and O–H groups in total. The largest absolute Gasteiger partial charge is 0.480 e. The molecule has 66 valence electrons. The van der Waals surface area contributed by atoms with E-state index in [-0.39, 0.29) is 0 Å². The minimum Gasteiger partial charge on any atom is -0.480 e. The number of hydrogen-bond donors (Lipinski definition) is 2. The second-order valence-electron chi connectivity index (χ2n) is 2.35. The maximum absolute atomic E-state index is 10.5. The van der Waals surface area contributed by atoms with Crippen molar-refractivity contribution >= 4 is 17.7 Å². The Morgan fingerprint density at radius 2 is 2.18 bits per heavy atom. The molecular weight excluding hydrogens is 164 g/mol. The van der Waals surface area contributed by atoms with Crippen molar-refractivity contribution in [3.05, 3.63) is 0 Å². The van der Waals surface area contributed by atoms with E-state index < -0.39 is 17.3 Å². The normalized spacial score (nSPS) is 15.9. The predicted octanol–water partition coefficient (Wildman–Crippen LogP) is 0.964. The van der Waals surface area contributed by atoms with Crippen molar-refractivity contribution in [2.45, 2.75) is 31.1 Å². The van der Waals surface area contributed by atoms with E-state index in [1.165, 1.54) is 11.8 Å². The summed E-state index contributed by atoms with van der Waals surface area (Å²) in [4.78, 5) is 10.5.